The highest BCUT2D eigenvalue weighted by Crippen LogP contribution is 2.22. The molecule has 0 aliphatic carbocycles. The summed E-state index contributed by atoms with van der Waals surface area (Å²) in [6.45, 7) is 1.16. The quantitative estimate of drug-likeness (QED) is 0.581. The molecule has 0 radical (unpaired) electrons. The van der Waals surface area contributed by atoms with Crippen LogP contribution in [0.4, 0.5) is 5.69 Å². The molecule has 1 fully saturated rings. The third-order valence-corrected chi connectivity index (χ3v) is 7.43. The van der Waals surface area contributed by atoms with Gasteiger partial charge in [0.1, 0.15) is 0 Å². The zero-order chi connectivity index (χ0) is 22.4. The number of amides is 1. The maximum atomic E-state index is 12.9. The molecule has 32 heavy (non-hydrogen) atoms. The molecule has 9 heteroatoms. The van der Waals surface area contributed by atoms with Gasteiger partial charge in [0.2, 0.25) is 28.2 Å². The Balaban J connectivity index is 1.33. The van der Waals surface area contributed by atoms with E-state index in [0.29, 0.717) is 36.0 Å². The van der Waals surface area contributed by atoms with Crippen molar-refractivity contribution in [1.82, 2.24) is 14.5 Å². The number of benzene rings is 2. The average Bonchev–Trinajstić information content (AvgIpc) is 3.20. The Kier molecular flexibility index (Phi) is 6.96. The third-order valence-electron chi connectivity index (χ3n) is 5.52. The number of nitrogens with zero attached hydrogens (tertiary/aromatic N) is 3. The third kappa shape index (κ3) is 5.41. The van der Waals surface area contributed by atoms with E-state index in [0.717, 1.165) is 36.8 Å². The average molecular weight is 455 g/mol. The highest BCUT2D eigenvalue weighted by molar-refractivity contribution is 7.89. The van der Waals surface area contributed by atoms with Gasteiger partial charge in [0.05, 0.1) is 4.90 Å². The van der Waals surface area contributed by atoms with Gasteiger partial charge in [-0.15, -0.1) is 10.2 Å². The van der Waals surface area contributed by atoms with Crippen LogP contribution in [0.1, 0.15) is 37.7 Å². The highest BCUT2D eigenvalue weighted by atomic mass is 32.2. The van der Waals surface area contributed by atoms with E-state index in [2.05, 4.69) is 15.5 Å². The van der Waals surface area contributed by atoms with E-state index in [4.69, 9.17) is 4.42 Å². The second-order valence-corrected chi connectivity index (χ2v) is 9.77. The van der Waals surface area contributed by atoms with Gasteiger partial charge >= 0.3 is 0 Å². The molecular weight excluding hydrogens is 428 g/mol. The minimum atomic E-state index is -3.46. The SMILES string of the molecule is O=C(CCc1ccc(S(=O)(=O)N2CCCCCC2)cc1)Nc1cccc(-c2nnco2)c1. The van der Waals surface area contributed by atoms with Gasteiger partial charge in [-0.1, -0.05) is 31.0 Å². The molecule has 168 valence electrons. The molecule has 3 aromatic rings. The van der Waals surface area contributed by atoms with Crippen molar-refractivity contribution in [2.45, 2.75) is 43.4 Å². The lowest BCUT2D eigenvalue weighted by molar-refractivity contribution is -0.116. The topological polar surface area (TPSA) is 105 Å². The van der Waals surface area contributed by atoms with Crippen molar-refractivity contribution in [1.29, 1.82) is 0 Å². The predicted octanol–water partition coefficient (Wildman–Crippen LogP) is 3.87. The van der Waals surface area contributed by atoms with Crippen molar-refractivity contribution in [2.24, 2.45) is 0 Å². The first kappa shape index (κ1) is 22.2. The Bertz CT molecular complexity index is 1140. The largest absolute Gasteiger partial charge is 0.423 e. The van der Waals surface area contributed by atoms with Crippen molar-refractivity contribution in [2.75, 3.05) is 18.4 Å². The smallest absolute Gasteiger partial charge is 0.247 e. The number of anilines is 1. The summed E-state index contributed by atoms with van der Waals surface area (Å²) >= 11 is 0. The summed E-state index contributed by atoms with van der Waals surface area (Å²) in [5.41, 5.74) is 2.28. The Labute approximate surface area is 187 Å². The number of hydrogen-bond donors (Lipinski definition) is 1. The summed E-state index contributed by atoms with van der Waals surface area (Å²) in [6.07, 6.45) is 6.02. The molecular formula is C23H26N4O4S. The van der Waals surface area contributed by atoms with Crippen molar-refractivity contribution in [3.8, 4) is 11.5 Å². The molecule has 1 aliphatic heterocycles. The van der Waals surface area contributed by atoms with Crippen molar-refractivity contribution < 1.29 is 17.6 Å². The molecule has 0 unspecified atom stereocenters. The monoisotopic (exact) mass is 454 g/mol. The molecule has 1 aromatic heterocycles. The fourth-order valence-corrected chi connectivity index (χ4v) is 5.29. The lowest BCUT2D eigenvalue weighted by Crippen LogP contribution is -2.31. The number of rotatable bonds is 7. The molecule has 0 saturated carbocycles. The van der Waals surface area contributed by atoms with Crippen molar-refractivity contribution in [3.63, 3.8) is 0 Å². The van der Waals surface area contributed by atoms with Crippen LogP contribution >= 0.6 is 0 Å². The minimum Gasteiger partial charge on any atom is -0.423 e. The molecule has 8 nitrogen and oxygen atoms in total. The fourth-order valence-electron chi connectivity index (χ4n) is 3.77. The summed E-state index contributed by atoms with van der Waals surface area (Å²) in [4.78, 5) is 12.7. The van der Waals surface area contributed by atoms with Crippen molar-refractivity contribution in [3.05, 3.63) is 60.5 Å². The zero-order valence-corrected chi connectivity index (χ0v) is 18.6. The van der Waals surface area contributed by atoms with Gasteiger partial charge in [-0.2, -0.15) is 4.31 Å². The van der Waals surface area contributed by atoms with Crippen LogP contribution in [0.2, 0.25) is 0 Å². The van der Waals surface area contributed by atoms with Gasteiger partial charge in [0.15, 0.2) is 0 Å². The van der Waals surface area contributed by atoms with Crippen LogP contribution in [-0.2, 0) is 21.2 Å². The van der Waals surface area contributed by atoms with E-state index in [1.165, 1.54) is 6.39 Å². The molecule has 0 bridgehead atoms. The van der Waals surface area contributed by atoms with Gasteiger partial charge in [0.25, 0.3) is 0 Å². The molecule has 2 aromatic carbocycles. The number of aromatic nitrogens is 2. The van der Waals surface area contributed by atoms with E-state index in [9.17, 15) is 13.2 Å². The van der Waals surface area contributed by atoms with Crippen LogP contribution < -0.4 is 5.32 Å². The number of carbonyl (C=O) groups is 1. The van der Waals surface area contributed by atoms with E-state index in [1.807, 2.05) is 6.07 Å². The molecule has 1 saturated heterocycles. The normalized spacial score (nSPS) is 15.2. The van der Waals surface area contributed by atoms with Crippen LogP contribution in [0, 0.1) is 0 Å². The van der Waals surface area contributed by atoms with Gasteiger partial charge in [-0.25, -0.2) is 8.42 Å². The number of carbonyl (C=O) groups excluding carboxylic acids is 1. The Morgan fingerprint density at radius 1 is 1.03 bits per heavy atom. The van der Waals surface area contributed by atoms with E-state index in [1.54, 1.807) is 46.8 Å². The number of sulfonamides is 1. The first-order valence-electron chi connectivity index (χ1n) is 10.8. The van der Waals surface area contributed by atoms with Crippen molar-refractivity contribution >= 4 is 21.6 Å². The standard InChI is InChI=1S/C23H26N4O4S/c28-22(25-20-7-5-6-19(16-20)23-26-24-17-31-23)13-10-18-8-11-21(12-9-18)32(29,30)27-14-3-1-2-4-15-27/h5-9,11-12,16-17H,1-4,10,13-15H2,(H,25,28). The molecule has 4 rings (SSSR count). The maximum Gasteiger partial charge on any atom is 0.247 e. The van der Waals surface area contributed by atoms with Crippen LogP contribution in [0.5, 0.6) is 0 Å². The summed E-state index contributed by atoms with van der Waals surface area (Å²) in [5, 5.41) is 10.4. The molecule has 0 spiro atoms. The summed E-state index contributed by atoms with van der Waals surface area (Å²) in [5.74, 6) is 0.255. The maximum absolute atomic E-state index is 12.9. The number of nitrogens with one attached hydrogen (secondary N) is 1. The summed E-state index contributed by atoms with van der Waals surface area (Å²) < 4.78 is 32.5. The van der Waals surface area contributed by atoms with Crippen LogP contribution in [0.25, 0.3) is 11.5 Å². The van der Waals surface area contributed by atoms with Gasteiger partial charge in [-0.05, 0) is 55.2 Å². The molecule has 2 heterocycles. The Hall–Kier alpha value is -3.04. The van der Waals surface area contributed by atoms with Gasteiger partial charge in [-0.3, -0.25) is 4.79 Å². The summed E-state index contributed by atoms with van der Waals surface area (Å²) in [7, 11) is -3.46. The predicted molar refractivity (Wildman–Crippen MR) is 120 cm³/mol. The van der Waals surface area contributed by atoms with E-state index >= 15 is 0 Å². The minimum absolute atomic E-state index is 0.131. The first-order chi connectivity index (χ1) is 15.5. The second-order valence-electron chi connectivity index (χ2n) is 7.84. The number of aryl methyl sites for hydroxylation is 1. The second kappa shape index (κ2) is 10.1. The van der Waals surface area contributed by atoms with E-state index in [-0.39, 0.29) is 12.3 Å². The Morgan fingerprint density at radius 3 is 2.47 bits per heavy atom. The Morgan fingerprint density at radius 2 is 1.78 bits per heavy atom. The lowest BCUT2D eigenvalue weighted by atomic mass is 10.1. The first-order valence-corrected chi connectivity index (χ1v) is 12.2. The highest BCUT2D eigenvalue weighted by Gasteiger charge is 2.24. The fraction of sp³-hybridized carbons (Fsp3) is 0.348. The van der Waals surface area contributed by atoms with Gasteiger partial charge in [0, 0.05) is 30.8 Å². The number of hydrogen-bond acceptors (Lipinski definition) is 6. The molecule has 1 amide bonds. The lowest BCUT2D eigenvalue weighted by Gasteiger charge is -2.20. The molecule has 1 aliphatic rings. The van der Waals surface area contributed by atoms with Crippen LogP contribution in [-0.4, -0.2) is 41.9 Å². The zero-order valence-electron chi connectivity index (χ0n) is 17.7. The molecule has 1 N–H and O–H groups in total. The van der Waals surface area contributed by atoms with Crippen LogP contribution in [0.15, 0.2) is 64.2 Å². The van der Waals surface area contributed by atoms with Gasteiger partial charge < -0.3 is 9.73 Å². The summed E-state index contributed by atoms with van der Waals surface area (Å²) in [6, 6.07) is 14.0. The van der Waals surface area contributed by atoms with E-state index < -0.39 is 10.0 Å². The molecule has 0 atom stereocenters. The van der Waals surface area contributed by atoms with Crippen LogP contribution in [0.3, 0.4) is 0 Å².